The molecule has 1 aliphatic carbocycles. The van der Waals surface area contributed by atoms with E-state index in [1.54, 1.807) is 12.1 Å². The van der Waals surface area contributed by atoms with Crippen LogP contribution in [-0.4, -0.2) is 0 Å². The van der Waals surface area contributed by atoms with Crippen LogP contribution in [0.1, 0.15) is 69.4 Å². The minimum Gasteiger partial charge on any atom is -0.321 e. The molecule has 0 aliphatic heterocycles. The van der Waals surface area contributed by atoms with Crippen molar-refractivity contribution in [3.8, 4) is 0 Å². The Morgan fingerprint density at radius 1 is 1.16 bits per heavy atom. The highest BCUT2D eigenvalue weighted by atomic mass is 19.1. The van der Waals surface area contributed by atoms with Crippen molar-refractivity contribution in [2.45, 2.75) is 70.3 Å². The van der Waals surface area contributed by atoms with E-state index in [0.29, 0.717) is 0 Å². The normalized spacial score (nSPS) is 21.6. The minimum atomic E-state index is -0.201. The third kappa shape index (κ3) is 3.56. The maximum absolute atomic E-state index is 13.2. The number of hydrogen-bond donors (Lipinski definition) is 1. The van der Waals surface area contributed by atoms with Crippen LogP contribution in [0.2, 0.25) is 0 Å². The van der Waals surface area contributed by atoms with E-state index in [0.717, 1.165) is 24.8 Å². The molecule has 0 spiro atoms. The molecule has 0 aromatic heterocycles. The quantitative estimate of drug-likeness (QED) is 0.710. The third-order valence-corrected chi connectivity index (χ3v) is 4.42. The first-order valence-electron chi connectivity index (χ1n) is 7.73. The van der Waals surface area contributed by atoms with Crippen molar-refractivity contribution in [2.75, 3.05) is 0 Å². The van der Waals surface area contributed by atoms with Gasteiger partial charge in [0.05, 0.1) is 0 Å². The molecule has 1 aromatic carbocycles. The number of rotatable bonds is 7. The summed E-state index contributed by atoms with van der Waals surface area (Å²) in [5.74, 6) is -0.137. The average Bonchev–Trinajstić information content (AvgIpc) is 2.71. The molecule has 0 heterocycles. The van der Waals surface area contributed by atoms with Crippen molar-refractivity contribution in [2.24, 2.45) is 5.73 Å². The predicted molar refractivity (Wildman–Crippen MR) is 78.6 cm³/mol. The molecule has 2 rings (SSSR count). The van der Waals surface area contributed by atoms with Gasteiger partial charge < -0.3 is 5.73 Å². The number of benzene rings is 1. The molecule has 1 aromatic rings. The Bertz CT molecular complexity index is 416. The zero-order chi connectivity index (χ0) is 13.7. The molecular weight excluding hydrogens is 237 g/mol. The van der Waals surface area contributed by atoms with Gasteiger partial charge in [-0.15, -0.1) is 0 Å². The van der Waals surface area contributed by atoms with E-state index in [-0.39, 0.29) is 11.4 Å². The van der Waals surface area contributed by atoms with Crippen molar-refractivity contribution < 1.29 is 4.39 Å². The molecule has 106 valence electrons. The van der Waals surface area contributed by atoms with Gasteiger partial charge in [0.25, 0.3) is 0 Å². The molecular formula is C17H26FN. The van der Waals surface area contributed by atoms with E-state index in [1.165, 1.54) is 44.1 Å². The van der Waals surface area contributed by atoms with Crippen molar-refractivity contribution >= 4 is 0 Å². The van der Waals surface area contributed by atoms with E-state index in [1.807, 2.05) is 6.07 Å². The van der Waals surface area contributed by atoms with Crippen molar-refractivity contribution in [3.63, 3.8) is 0 Å². The molecule has 0 amide bonds. The van der Waals surface area contributed by atoms with Gasteiger partial charge in [0.1, 0.15) is 5.82 Å². The van der Waals surface area contributed by atoms with Crippen LogP contribution in [0.5, 0.6) is 0 Å². The van der Waals surface area contributed by atoms with Gasteiger partial charge in [0.15, 0.2) is 0 Å². The molecule has 0 bridgehead atoms. The SMILES string of the molecule is CCCCCCCCC1(N)CCc2cc(F)ccc21. The van der Waals surface area contributed by atoms with Crippen LogP contribution in [0.25, 0.3) is 0 Å². The summed E-state index contributed by atoms with van der Waals surface area (Å²) in [6, 6.07) is 5.10. The fourth-order valence-electron chi connectivity index (χ4n) is 3.23. The molecule has 2 heteroatoms. The van der Waals surface area contributed by atoms with Gasteiger partial charge in [0, 0.05) is 5.54 Å². The molecule has 0 radical (unpaired) electrons. The first-order chi connectivity index (χ1) is 9.15. The highest BCUT2D eigenvalue weighted by Crippen LogP contribution is 2.38. The molecule has 0 saturated carbocycles. The first kappa shape index (κ1) is 14.5. The smallest absolute Gasteiger partial charge is 0.123 e. The molecule has 19 heavy (non-hydrogen) atoms. The van der Waals surface area contributed by atoms with Crippen LogP contribution in [0.4, 0.5) is 4.39 Å². The topological polar surface area (TPSA) is 26.0 Å². The second-order valence-corrected chi connectivity index (χ2v) is 5.98. The van der Waals surface area contributed by atoms with Gasteiger partial charge in [0.2, 0.25) is 0 Å². The van der Waals surface area contributed by atoms with Crippen molar-refractivity contribution in [3.05, 3.63) is 35.1 Å². The molecule has 1 atom stereocenters. The van der Waals surface area contributed by atoms with Crippen LogP contribution in [0.15, 0.2) is 18.2 Å². The number of aryl methyl sites for hydroxylation is 1. The zero-order valence-electron chi connectivity index (χ0n) is 12.1. The monoisotopic (exact) mass is 263 g/mol. The van der Waals surface area contributed by atoms with Gasteiger partial charge in [-0.2, -0.15) is 0 Å². The lowest BCUT2D eigenvalue weighted by atomic mass is 9.87. The van der Waals surface area contributed by atoms with Crippen LogP contribution in [0, 0.1) is 5.82 Å². The number of nitrogens with two attached hydrogens (primary N) is 1. The molecule has 1 aliphatic rings. The van der Waals surface area contributed by atoms with Gasteiger partial charge in [-0.05, 0) is 42.5 Å². The van der Waals surface area contributed by atoms with Crippen LogP contribution < -0.4 is 5.73 Å². The van der Waals surface area contributed by atoms with E-state index in [2.05, 4.69) is 6.92 Å². The predicted octanol–water partition coefficient (Wildman–Crippen LogP) is 4.68. The minimum absolute atomic E-state index is 0.137. The molecule has 2 N–H and O–H groups in total. The number of fused-ring (bicyclic) bond motifs is 1. The van der Waals surface area contributed by atoms with E-state index >= 15 is 0 Å². The maximum atomic E-state index is 13.2. The Balaban J connectivity index is 1.84. The van der Waals surface area contributed by atoms with E-state index in [4.69, 9.17) is 5.73 Å². The molecule has 0 fully saturated rings. The molecule has 0 saturated heterocycles. The fraction of sp³-hybridized carbons (Fsp3) is 0.647. The van der Waals surface area contributed by atoms with Gasteiger partial charge in [-0.25, -0.2) is 4.39 Å². The summed E-state index contributed by atoms with van der Waals surface area (Å²) in [6.07, 6.45) is 10.7. The van der Waals surface area contributed by atoms with Gasteiger partial charge in [-0.3, -0.25) is 0 Å². The largest absolute Gasteiger partial charge is 0.321 e. The fourth-order valence-corrected chi connectivity index (χ4v) is 3.23. The lowest BCUT2D eigenvalue weighted by Gasteiger charge is -2.25. The number of halogens is 1. The third-order valence-electron chi connectivity index (χ3n) is 4.42. The standard InChI is InChI=1S/C17H26FN/c1-2-3-4-5-6-7-11-17(19)12-10-14-13-15(18)8-9-16(14)17/h8-9,13H,2-7,10-12,19H2,1H3. The summed E-state index contributed by atoms with van der Waals surface area (Å²) in [4.78, 5) is 0. The second kappa shape index (κ2) is 6.51. The lowest BCUT2D eigenvalue weighted by Crippen LogP contribution is -2.33. The lowest BCUT2D eigenvalue weighted by molar-refractivity contribution is 0.384. The summed E-state index contributed by atoms with van der Waals surface area (Å²) < 4.78 is 13.2. The first-order valence-corrected chi connectivity index (χ1v) is 7.73. The van der Waals surface area contributed by atoms with Gasteiger partial charge in [-0.1, -0.05) is 51.5 Å². The Labute approximate surface area is 116 Å². The molecule has 1 unspecified atom stereocenters. The summed E-state index contributed by atoms with van der Waals surface area (Å²) in [5, 5.41) is 0. The van der Waals surface area contributed by atoms with Crippen LogP contribution in [0.3, 0.4) is 0 Å². The number of hydrogen-bond acceptors (Lipinski definition) is 1. The Hall–Kier alpha value is -0.890. The Morgan fingerprint density at radius 2 is 1.89 bits per heavy atom. The van der Waals surface area contributed by atoms with Crippen molar-refractivity contribution in [1.29, 1.82) is 0 Å². The average molecular weight is 263 g/mol. The van der Waals surface area contributed by atoms with E-state index in [9.17, 15) is 4.39 Å². The Morgan fingerprint density at radius 3 is 2.68 bits per heavy atom. The van der Waals surface area contributed by atoms with Crippen LogP contribution in [-0.2, 0) is 12.0 Å². The Kier molecular flexibility index (Phi) is 4.98. The zero-order valence-corrected chi connectivity index (χ0v) is 12.1. The molecule has 1 nitrogen and oxygen atoms in total. The van der Waals surface area contributed by atoms with Gasteiger partial charge >= 0.3 is 0 Å². The highest BCUT2D eigenvalue weighted by molar-refractivity contribution is 5.38. The second-order valence-electron chi connectivity index (χ2n) is 5.98. The summed E-state index contributed by atoms with van der Waals surface area (Å²) in [5.41, 5.74) is 8.64. The summed E-state index contributed by atoms with van der Waals surface area (Å²) in [6.45, 7) is 2.24. The maximum Gasteiger partial charge on any atom is 0.123 e. The van der Waals surface area contributed by atoms with Crippen molar-refractivity contribution in [1.82, 2.24) is 0 Å². The summed E-state index contributed by atoms with van der Waals surface area (Å²) in [7, 11) is 0. The van der Waals surface area contributed by atoms with E-state index < -0.39 is 0 Å². The van der Waals surface area contributed by atoms with Crippen LogP contribution >= 0.6 is 0 Å². The highest BCUT2D eigenvalue weighted by Gasteiger charge is 2.34. The number of unbranched alkanes of at least 4 members (excludes halogenated alkanes) is 5. The summed E-state index contributed by atoms with van der Waals surface area (Å²) >= 11 is 0.